The van der Waals surface area contributed by atoms with Gasteiger partial charge in [0.1, 0.15) is 10.3 Å². The van der Waals surface area contributed by atoms with Crippen LogP contribution in [-0.4, -0.2) is 90.3 Å². The minimum absolute atomic E-state index is 0. The minimum atomic E-state index is -3.15. The second-order valence-electron chi connectivity index (χ2n) is 9.79. The van der Waals surface area contributed by atoms with Crippen LogP contribution >= 0.6 is 54.0 Å². The van der Waals surface area contributed by atoms with Gasteiger partial charge in [0.15, 0.2) is 0 Å². The molecule has 0 spiro atoms. The van der Waals surface area contributed by atoms with Crippen LogP contribution in [0.5, 0.6) is 0 Å². The number of halogens is 3. The summed E-state index contributed by atoms with van der Waals surface area (Å²) < 4.78 is 12.5. The molecule has 4 aromatic rings. The molecule has 0 bridgehead atoms. The molecular formula is C30H34BCl2IK3N2O6P. The summed E-state index contributed by atoms with van der Waals surface area (Å²) in [5.74, 6) is 0. The van der Waals surface area contributed by atoms with E-state index >= 15 is 0 Å². The maximum atomic E-state index is 8.98. The molecule has 2 aromatic heterocycles. The Labute approximate surface area is 385 Å². The monoisotopic (exact) mass is 874 g/mol. The first kappa shape index (κ1) is 51.0. The first-order chi connectivity index (χ1) is 21.0. The van der Waals surface area contributed by atoms with Gasteiger partial charge in [0.25, 0.3) is 0 Å². The van der Waals surface area contributed by atoms with Gasteiger partial charge >= 0.3 is 130 Å². The second-order valence-corrected chi connectivity index (χ2v) is 12.3. The van der Waals surface area contributed by atoms with Crippen LogP contribution in [0.25, 0.3) is 11.1 Å². The van der Waals surface area contributed by atoms with Gasteiger partial charge in [-0.3, -0.25) is 0 Å². The predicted molar refractivity (Wildman–Crippen MR) is 191 cm³/mol. The summed E-state index contributed by atoms with van der Waals surface area (Å²) in [6, 6.07) is 12.0. The van der Waals surface area contributed by atoms with E-state index in [1.165, 1.54) is 102 Å². The number of pyridine rings is 2. The Kier molecular flexibility index (Phi) is 30.5. The van der Waals surface area contributed by atoms with Crippen molar-refractivity contribution in [3.8, 4) is 11.1 Å². The van der Waals surface area contributed by atoms with E-state index in [1.54, 1.807) is 6.20 Å². The fourth-order valence-electron chi connectivity index (χ4n) is 3.78. The molecule has 0 aliphatic carbocycles. The molecule has 0 aliphatic rings. The van der Waals surface area contributed by atoms with E-state index in [1.807, 2.05) is 58.2 Å². The number of benzene rings is 2. The molecule has 16 heteroatoms. The summed E-state index contributed by atoms with van der Waals surface area (Å²) in [7, 11) is -4.51. The molecule has 0 aliphatic heterocycles. The summed E-state index contributed by atoms with van der Waals surface area (Å²) in [5, 5.41) is 27.6. The van der Waals surface area contributed by atoms with Crippen molar-refractivity contribution in [2.45, 2.75) is 55.4 Å². The van der Waals surface area contributed by atoms with Gasteiger partial charge in [-0.05, 0) is 150 Å². The zero-order valence-electron chi connectivity index (χ0n) is 28.2. The van der Waals surface area contributed by atoms with Gasteiger partial charge in [-0.1, -0.05) is 53.0 Å². The van der Waals surface area contributed by atoms with Crippen LogP contribution in [0.15, 0.2) is 48.8 Å². The summed E-state index contributed by atoms with van der Waals surface area (Å²) in [6.07, 6.45) is 3.59. The summed E-state index contributed by atoms with van der Waals surface area (Å²) in [4.78, 5) is 16.9. The fraction of sp³-hybridized carbons (Fsp3) is 0.267. The number of nitrogens with zero attached hydrogens (tertiary/aromatic N) is 2. The SMILES string of the molecule is Cc1cc(C)c(-c2cc(Cl)ncc2C)cc1C.Cc1cc(C)c(B(O)O)cc1C.Cc1cnc(Cl)cc1I.O=[P+]([O-])O[O-].[K+].[K][K]. The molecular weight excluding hydrogens is 841 g/mol. The molecule has 0 fully saturated rings. The van der Waals surface area contributed by atoms with Crippen molar-refractivity contribution in [3.05, 3.63) is 107 Å². The summed E-state index contributed by atoms with van der Waals surface area (Å²) in [6.45, 7) is 16.3. The van der Waals surface area contributed by atoms with E-state index in [-0.39, 0.29) is 51.4 Å². The molecule has 0 saturated carbocycles. The summed E-state index contributed by atoms with van der Waals surface area (Å²) in [5.41, 5.74) is 12.4. The van der Waals surface area contributed by atoms with Crippen LogP contribution in [0.2, 0.25) is 10.3 Å². The zero-order valence-corrected chi connectivity index (χ0v) is 42.1. The Morgan fingerprint density at radius 2 is 1.11 bits per heavy atom. The number of hydrogen-bond donors (Lipinski definition) is 2. The topological polar surface area (TPSA) is 139 Å². The average Bonchev–Trinajstić information content (AvgIpc) is 2.98. The van der Waals surface area contributed by atoms with Gasteiger partial charge < -0.3 is 20.2 Å². The molecule has 0 saturated heterocycles. The van der Waals surface area contributed by atoms with Gasteiger partial charge in [0.05, 0.1) is 0 Å². The Morgan fingerprint density at radius 3 is 1.54 bits per heavy atom. The van der Waals surface area contributed by atoms with Gasteiger partial charge in [-0.15, -0.1) is 0 Å². The molecule has 2 N–H and O–H groups in total. The van der Waals surface area contributed by atoms with Crippen molar-refractivity contribution >= 4 is 130 Å². The normalized spacial score (nSPS) is 9.85. The van der Waals surface area contributed by atoms with Crippen molar-refractivity contribution in [2.24, 2.45) is 0 Å². The Hall–Kier alpha value is 2.92. The van der Waals surface area contributed by atoms with Crippen LogP contribution in [0.3, 0.4) is 0 Å². The standard InChI is InChI=1S/C15H16ClN.C9H13BO2.C6H5ClIN.3K.HO4P/c1-9-5-11(3)13(6-10(9)2)14-7-15(16)17-8-12(14)4;1-6-4-8(3)9(10(11)12)5-7(6)2;1-4-3-9-6(7)2-5(4)8;;;;1-4-5(2)3/h5-8H,1-4H3;4-5,11-12H,1-3H3;2-3H,1H3;;;;1H/q;;;;;+1;/p-1. The van der Waals surface area contributed by atoms with Crippen molar-refractivity contribution in [2.75, 3.05) is 0 Å². The Bertz CT molecular complexity index is 1580. The van der Waals surface area contributed by atoms with Gasteiger partial charge in [-0.2, -0.15) is 0 Å². The predicted octanol–water partition coefficient (Wildman–Crippen LogP) is 2.11. The average molecular weight is 876 g/mol. The second kappa shape index (κ2) is 27.5. The summed E-state index contributed by atoms with van der Waals surface area (Å²) >= 11 is 16.3. The number of aryl methyl sites for hydroxylation is 8. The third-order valence-corrected chi connectivity index (χ3v) is 8.12. The van der Waals surface area contributed by atoms with Gasteiger partial charge in [0, 0.05) is 16.0 Å². The molecule has 2 aromatic carbocycles. The van der Waals surface area contributed by atoms with Crippen LogP contribution in [0.4, 0.5) is 0 Å². The first-order valence-electron chi connectivity index (χ1n) is 13.8. The quantitative estimate of drug-likeness (QED) is 0.0799. The number of hydrogen-bond acceptors (Lipinski definition) is 8. The number of rotatable bonds is 3. The molecule has 4 rings (SSSR count). The molecule has 46 heavy (non-hydrogen) atoms. The molecule has 1 unspecified atom stereocenters. The molecule has 8 nitrogen and oxygen atoms in total. The van der Waals surface area contributed by atoms with Crippen LogP contribution in [0, 0.1) is 59.0 Å². The third kappa shape index (κ3) is 19.7. The Balaban J connectivity index is 0. The van der Waals surface area contributed by atoms with E-state index in [0.29, 0.717) is 15.8 Å². The van der Waals surface area contributed by atoms with Crippen LogP contribution in [-0.2, 0) is 9.24 Å². The Morgan fingerprint density at radius 1 is 0.717 bits per heavy atom. The van der Waals surface area contributed by atoms with Crippen molar-refractivity contribution in [1.82, 2.24) is 9.97 Å². The van der Waals surface area contributed by atoms with E-state index in [4.69, 9.17) is 48.0 Å². The molecule has 1 atom stereocenters. The van der Waals surface area contributed by atoms with Crippen molar-refractivity contribution in [3.63, 3.8) is 0 Å². The van der Waals surface area contributed by atoms with Gasteiger partial charge in [0.2, 0.25) is 0 Å². The van der Waals surface area contributed by atoms with E-state index in [0.717, 1.165) is 20.3 Å². The van der Waals surface area contributed by atoms with E-state index in [2.05, 4.69) is 77.1 Å². The fourth-order valence-corrected chi connectivity index (χ4v) is 4.71. The first-order valence-corrected chi connectivity index (χ1v) is 32.8. The molecule has 2 heterocycles. The number of aromatic nitrogens is 2. The molecule has 0 radical (unpaired) electrons. The van der Waals surface area contributed by atoms with Crippen molar-refractivity contribution < 1.29 is 80.8 Å². The van der Waals surface area contributed by atoms with Gasteiger partial charge in [-0.25, -0.2) is 14.6 Å². The molecule has 0 amide bonds. The van der Waals surface area contributed by atoms with Crippen LogP contribution in [0.1, 0.15) is 44.5 Å². The third-order valence-electron chi connectivity index (χ3n) is 6.43. The van der Waals surface area contributed by atoms with E-state index in [9.17, 15) is 0 Å². The van der Waals surface area contributed by atoms with E-state index < -0.39 is 15.4 Å². The van der Waals surface area contributed by atoms with Crippen molar-refractivity contribution in [1.29, 1.82) is 0 Å². The maximum absolute atomic E-state index is 8.98. The van der Waals surface area contributed by atoms with Crippen LogP contribution < -0.4 is 67.0 Å². The molecule has 232 valence electrons. The zero-order chi connectivity index (χ0) is 35.0.